The first-order valence-corrected chi connectivity index (χ1v) is 10.3. The van der Waals surface area contributed by atoms with Gasteiger partial charge in [0.2, 0.25) is 0 Å². The van der Waals surface area contributed by atoms with Gasteiger partial charge in [0.25, 0.3) is 0 Å². The molecule has 1 N–H and O–H groups in total. The number of aliphatic hydroxyl groups is 1. The van der Waals surface area contributed by atoms with Gasteiger partial charge in [-0.05, 0) is 48.4 Å². The summed E-state index contributed by atoms with van der Waals surface area (Å²) in [6, 6.07) is 11.8. The SMILES string of the molecule is CC(C)c1nn(-c2ccccn2)c(-c2ccc(F)cc2)c1C=C[C@@H]1C[C@@H](O)CC(=O)O1. The predicted octanol–water partition coefficient (Wildman–Crippen LogP) is 4.28. The van der Waals surface area contributed by atoms with Crippen LogP contribution in [0, 0.1) is 5.82 Å². The minimum atomic E-state index is -0.715. The van der Waals surface area contributed by atoms with E-state index in [1.807, 2.05) is 38.1 Å². The van der Waals surface area contributed by atoms with Gasteiger partial charge in [0, 0.05) is 23.7 Å². The molecule has 1 aliphatic heterocycles. The van der Waals surface area contributed by atoms with Gasteiger partial charge >= 0.3 is 5.97 Å². The molecule has 3 aromatic rings. The van der Waals surface area contributed by atoms with E-state index in [2.05, 4.69) is 4.98 Å². The second-order valence-corrected chi connectivity index (χ2v) is 7.89. The molecular weight excluding hydrogens is 397 g/mol. The molecular formula is C24H24FN3O3. The van der Waals surface area contributed by atoms with Crippen molar-refractivity contribution in [2.45, 2.75) is 44.8 Å². The Morgan fingerprint density at radius 2 is 2.00 bits per heavy atom. The quantitative estimate of drug-likeness (QED) is 0.623. The van der Waals surface area contributed by atoms with Crippen LogP contribution in [-0.4, -0.2) is 38.0 Å². The van der Waals surface area contributed by atoms with Gasteiger partial charge in [-0.1, -0.05) is 26.0 Å². The Morgan fingerprint density at radius 1 is 1.23 bits per heavy atom. The van der Waals surface area contributed by atoms with E-state index in [1.165, 1.54) is 12.1 Å². The molecule has 7 heteroatoms. The minimum absolute atomic E-state index is 0.0139. The van der Waals surface area contributed by atoms with Gasteiger partial charge in [-0.25, -0.2) is 14.1 Å². The molecule has 0 radical (unpaired) electrons. The fourth-order valence-corrected chi connectivity index (χ4v) is 3.70. The number of aliphatic hydroxyl groups excluding tert-OH is 1. The van der Waals surface area contributed by atoms with Crippen molar-refractivity contribution in [3.8, 4) is 17.1 Å². The summed E-state index contributed by atoms with van der Waals surface area (Å²) in [6.07, 6.45) is 4.47. The molecule has 6 nitrogen and oxygen atoms in total. The third-order valence-corrected chi connectivity index (χ3v) is 5.15. The van der Waals surface area contributed by atoms with Crippen molar-refractivity contribution in [3.63, 3.8) is 0 Å². The Balaban J connectivity index is 1.86. The number of esters is 1. The lowest BCUT2D eigenvalue weighted by atomic mass is 9.98. The van der Waals surface area contributed by atoms with Gasteiger partial charge in [0.15, 0.2) is 5.82 Å². The number of nitrogens with zero attached hydrogens (tertiary/aromatic N) is 3. The summed E-state index contributed by atoms with van der Waals surface area (Å²) < 4.78 is 20.7. The molecule has 160 valence electrons. The molecule has 31 heavy (non-hydrogen) atoms. The van der Waals surface area contributed by atoms with E-state index < -0.39 is 18.2 Å². The lowest BCUT2D eigenvalue weighted by Gasteiger charge is -2.23. The highest BCUT2D eigenvalue weighted by Gasteiger charge is 2.26. The lowest BCUT2D eigenvalue weighted by Crippen LogP contribution is -2.31. The highest BCUT2D eigenvalue weighted by atomic mass is 19.1. The van der Waals surface area contributed by atoms with Gasteiger partial charge in [0.1, 0.15) is 11.9 Å². The van der Waals surface area contributed by atoms with Gasteiger partial charge in [-0.2, -0.15) is 5.10 Å². The maximum absolute atomic E-state index is 13.6. The molecule has 0 amide bonds. The van der Waals surface area contributed by atoms with Crippen molar-refractivity contribution in [1.29, 1.82) is 0 Å². The van der Waals surface area contributed by atoms with Crippen LogP contribution in [0.2, 0.25) is 0 Å². The summed E-state index contributed by atoms with van der Waals surface area (Å²) >= 11 is 0. The summed E-state index contributed by atoms with van der Waals surface area (Å²) in [4.78, 5) is 16.1. The van der Waals surface area contributed by atoms with E-state index >= 15 is 0 Å². The molecule has 1 saturated heterocycles. The standard InChI is InChI=1S/C24H24FN3O3/c1-15(2)23-20(11-10-19-13-18(29)14-22(30)31-19)24(16-6-8-17(25)9-7-16)28(27-23)21-5-3-4-12-26-21/h3-12,15,18-19,29H,13-14H2,1-2H3/t18-,19-/m1/s1. The molecule has 1 aromatic carbocycles. The Morgan fingerprint density at radius 3 is 2.65 bits per heavy atom. The minimum Gasteiger partial charge on any atom is -0.458 e. The molecule has 4 rings (SSSR count). The summed E-state index contributed by atoms with van der Waals surface area (Å²) in [6.45, 7) is 4.09. The van der Waals surface area contributed by atoms with Gasteiger partial charge in [-0.3, -0.25) is 4.79 Å². The monoisotopic (exact) mass is 421 g/mol. The van der Waals surface area contributed by atoms with Crippen molar-refractivity contribution in [3.05, 3.63) is 71.8 Å². The highest BCUT2D eigenvalue weighted by molar-refractivity contribution is 5.76. The van der Waals surface area contributed by atoms with Gasteiger partial charge < -0.3 is 9.84 Å². The Labute approximate surface area is 180 Å². The molecule has 0 saturated carbocycles. The van der Waals surface area contributed by atoms with Crippen molar-refractivity contribution >= 4 is 12.0 Å². The molecule has 0 bridgehead atoms. The zero-order chi connectivity index (χ0) is 22.0. The number of benzene rings is 1. The Bertz CT molecular complexity index is 1090. The maximum atomic E-state index is 13.6. The van der Waals surface area contributed by atoms with Crippen LogP contribution in [0.4, 0.5) is 4.39 Å². The summed E-state index contributed by atoms with van der Waals surface area (Å²) in [5.41, 5.74) is 3.22. The molecule has 0 spiro atoms. The highest BCUT2D eigenvalue weighted by Crippen LogP contribution is 2.33. The molecule has 2 aromatic heterocycles. The van der Waals surface area contributed by atoms with Crippen LogP contribution in [0.25, 0.3) is 23.2 Å². The number of hydrogen-bond donors (Lipinski definition) is 1. The van der Waals surface area contributed by atoms with Crippen LogP contribution in [0.5, 0.6) is 0 Å². The average molecular weight is 421 g/mol. The summed E-state index contributed by atoms with van der Waals surface area (Å²) in [7, 11) is 0. The first kappa shape index (κ1) is 20.9. The zero-order valence-corrected chi connectivity index (χ0v) is 17.4. The number of ether oxygens (including phenoxy) is 1. The van der Waals surface area contributed by atoms with E-state index in [1.54, 1.807) is 29.1 Å². The van der Waals surface area contributed by atoms with E-state index in [-0.39, 0.29) is 18.2 Å². The summed E-state index contributed by atoms with van der Waals surface area (Å²) in [5, 5.41) is 14.7. The van der Waals surface area contributed by atoms with Crippen LogP contribution in [0.15, 0.2) is 54.7 Å². The second kappa shape index (κ2) is 8.81. The third kappa shape index (κ3) is 4.56. The second-order valence-electron chi connectivity index (χ2n) is 7.89. The van der Waals surface area contributed by atoms with Crippen molar-refractivity contribution in [1.82, 2.24) is 14.8 Å². The van der Waals surface area contributed by atoms with Crippen molar-refractivity contribution in [2.75, 3.05) is 0 Å². The number of carbonyl (C=O) groups is 1. The van der Waals surface area contributed by atoms with E-state index in [4.69, 9.17) is 9.84 Å². The molecule has 1 aliphatic rings. The summed E-state index contributed by atoms with van der Waals surface area (Å²) in [5.74, 6) is 0.00329. The molecule has 0 aliphatic carbocycles. The zero-order valence-electron chi connectivity index (χ0n) is 17.4. The number of aromatic nitrogens is 3. The predicted molar refractivity (Wildman–Crippen MR) is 115 cm³/mol. The Kier molecular flexibility index (Phi) is 5.95. The number of carbonyl (C=O) groups excluding carboxylic acids is 1. The number of cyclic esters (lactones) is 1. The maximum Gasteiger partial charge on any atom is 0.309 e. The molecule has 1 fully saturated rings. The first-order chi connectivity index (χ1) is 14.9. The lowest BCUT2D eigenvalue weighted by molar-refractivity contribution is -0.156. The van der Waals surface area contributed by atoms with E-state index in [0.29, 0.717) is 12.2 Å². The number of rotatable bonds is 5. The van der Waals surface area contributed by atoms with Gasteiger partial charge in [-0.15, -0.1) is 0 Å². The van der Waals surface area contributed by atoms with Crippen LogP contribution in [0.1, 0.15) is 43.9 Å². The number of halogens is 1. The van der Waals surface area contributed by atoms with Crippen molar-refractivity contribution in [2.24, 2.45) is 0 Å². The number of hydrogen-bond acceptors (Lipinski definition) is 5. The fraction of sp³-hybridized carbons (Fsp3) is 0.292. The van der Waals surface area contributed by atoms with Crippen LogP contribution in [-0.2, 0) is 9.53 Å². The molecule has 3 heterocycles. The fourth-order valence-electron chi connectivity index (χ4n) is 3.70. The van der Waals surface area contributed by atoms with Crippen molar-refractivity contribution < 1.29 is 19.0 Å². The Hall–Kier alpha value is -3.32. The third-order valence-electron chi connectivity index (χ3n) is 5.15. The smallest absolute Gasteiger partial charge is 0.309 e. The van der Waals surface area contributed by atoms with Crippen LogP contribution in [0.3, 0.4) is 0 Å². The van der Waals surface area contributed by atoms with Gasteiger partial charge in [0.05, 0.1) is 23.9 Å². The normalized spacial score (nSPS) is 19.2. The first-order valence-electron chi connectivity index (χ1n) is 10.3. The number of pyridine rings is 1. The van der Waals surface area contributed by atoms with Crippen LogP contribution >= 0.6 is 0 Å². The topological polar surface area (TPSA) is 77.2 Å². The van der Waals surface area contributed by atoms with E-state index in [0.717, 1.165) is 22.5 Å². The van der Waals surface area contributed by atoms with E-state index in [9.17, 15) is 14.3 Å². The average Bonchev–Trinajstić information content (AvgIpc) is 3.12. The molecule has 2 atom stereocenters. The molecule has 0 unspecified atom stereocenters. The van der Waals surface area contributed by atoms with Crippen LogP contribution < -0.4 is 0 Å². The largest absolute Gasteiger partial charge is 0.458 e.